The van der Waals surface area contributed by atoms with Gasteiger partial charge in [0.15, 0.2) is 0 Å². The molecule has 0 radical (unpaired) electrons. The predicted octanol–water partition coefficient (Wildman–Crippen LogP) is 4.22. The van der Waals surface area contributed by atoms with Gasteiger partial charge in [-0.1, -0.05) is 64.7 Å². The molecule has 0 aromatic rings. The van der Waals surface area contributed by atoms with Crippen molar-refractivity contribution in [3.63, 3.8) is 0 Å². The molecule has 132 valence electrons. The number of nitrogens with zero attached hydrogens (tertiary/aromatic N) is 2. The minimum absolute atomic E-state index is 0.630. The molecule has 1 rings (SSSR count). The Kier molecular flexibility index (Phi) is 12.1. The summed E-state index contributed by atoms with van der Waals surface area (Å²) >= 11 is 0. The van der Waals surface area contributed by atoms with Crippen LogP contribution in [0.25, 0.3) is 0 Å². The van der Waals surface area contributed by atoms with E-state index in [1.54, 1.807) is 0 Å². The van der Waals surface area contributed by atoms with Crippen LogP contribution in [0.4, 0.5) is 0 Å². The van der Waals surface area contributed by atoms with Crippen molar-refractivity contribution in [3.8, 4) is 0 Å². The van der Waals surface area contributed by atoms with E-state index < -0.39 is 0 Å². The SMILES string of the molecule is CCCCCCCCCCCCN1CCN(CCCN)C1C. The molecule has 0 spiro atoms. The largest absolute Gasteiger partial charge is 0.330 e. The second-order valence-corrected chi connectivity index (χ2v) is 7.03. The molecule has 1 unspecified atom stereocenters. The van der Waals surface area contributed by atoms with Crippen molar-refractivity contribution >= 4 is 0 Å². The molecule has 1 saturated heterocycles. The minimum atomic E-state index is 0.630. The normalized spacial score (nSPS) is 20.0. The Labute approximate surface area is 139 Å². The lowest BCUT2D eigenvalue weighted by atomic mass is 10.1. The Bertz CT molecular complexity index is 245. The first-order valence-electron chi connectivity index (χ1n) is 9.97. The van der Waals surface area contributed by atoms with Crippen LogP contribution in [0.3, 0.4) is 0 Å². The van der Waals surface area contributed by atoms with Gasteiger partial charge in [0.2, 0.25) is 0 Å². The summed E-state index contributed by atoms with van der Waals surface area (Å²) < 4.78 is 0. The van der Waals surface area contributed by atoms with Crippen LogP contribution in [0, 0.1) is 0 Å². The second-order valence-electron chi connectivity index (χ2n) is 7.03. The number of rotatable bonds is 14. The third-order valence-electron chi connectivity index (χ3n) is 5.18. The van der Waals surface area contributed by atoms with Gasteiger partial charge >= 0.3 is 0 Å². The summed E-state index contributed by atoms with van der Waals surface area (Å²) in [6.45, 7) is 10.4. The van der Waals surface area contributed by atoms with Gasteiger partial charge < -0.3 is 5.73 Å². The smallest absolute Gasteiger partial charge is 0.0594 e. The second kappa shape index (κ2) is 13.3. The molecule has 2 N–H and O–H groups in total. The van der Waals surface area contributed by atoms with Gasteiger partial charge in [-0.2, -0.15) is 0 Å². The molecule has 0 aliphatic carbocycles. The first-order valence-corrected chi connectivity index (χ1v) is 9.97. The first-order chi connectivity index (χ1) is 10.8. The maximum Gasteiger partial charge on any atom is 0.0594 e. The predicted molar refractivity (Wildman–Crippen MR) is 98.1 cm³/mol. The average molecular weight is 312 g/mol. The van der Waals surface area contributed by atoms with E-state index in [4.69, 9.17) is 5.73 Å². The number of nitrogens with two attached hydrogens (primary N) is 1. The maximum atomic E-state index is 5.62. The van der Waals surface area contributed by atoms with Gasteiger partial charge in [0.1, 0.15) is 0 Å². The molecule has 0 bridgehead atoms. The van der Waals surface area contributed by atoms with Gasteiger partial charge in [-0.05, 0) is 32.9 Å². The molecule has 1 aliphatic rings. The quantitative estimate of drug-likeness (QED) is 0.488. The number of unbranched alkanes of at least 4 members (excludes halogenated alkanes) is 9. The average Bonchev–Trinajstić information content (AvgIpc) is 2.87. The lowest BCUT2D eigenvalue weighted by Crippen LogP contribution is -2.37. The van der Waals surface area contributed by atoms with Gasteiger partial charge in [0.25, 0.3) is 0 Å². The zero-order valence-corrected chi connectivity index (χ0v) is 15.4. The topological polar surface area (TPSA) is 32.5 Å². The van der Waals surface area contributed by atoms with Crippen LogP contribution in [-0.2, 0) is 0 Å². The van der Waals surface area contributed by atoms with Crippen molar-refractivity contribution in [1.82, 2.24) is 9.80 Å². The molecule has 1 heterocycles. The number of hydrogen-bond acceptors (Lipinski definition) is 3. The third kappa shape index (κ3) is 8.50. The lowest BCUT2D eigenvalue weighted by molar-refractivity contribution is 0.150. The van der Waals surface area contributed by atoms with E-state index in [0.29, 0.717) is 6.17 Å². The van der Waals surface area contributed by atoms with Crippen molar-refractivity contribution in [2.24, 2.45) is 5.73 Å². The van der Waals surface area contributed by atoms with E-state index >= 15 is 0 Å². The molecule has 0 aromatic heterocycles. The zero-order chi connectivity index (χ0) is 16.0. The van der Waals surface area contributed by atoms with E-state index in [1.807, 2.05) is 0 Å². The van der Waals surface area contributed by atoms with Crippen molar-refractivity contribution in [2.45, 2.75) is 90.6 Å². The standard InChI is InChI=1S/C19H41N3/c1-3-4-5-6-7-8-9-10-11-12-15-21-17-18-22(19(21)2)16-13-14-20/h19H,3-18,20H2,1-2H3. The third-order valence-corrected chi connectivity index (χ3v) is 5.18. The van der Waals surface area contributed by atoms with Crippen LogP contribution in [0.5, 0.6) is 0 Å². The van der Waals surface area contributed by atoms with Crippen LogP contribution < -0.4 is 5.73 Å². The van der Waals surface area contributed by atoms with E-state index in [0.717, 1.165) is 13.0 Å². The zero-order valence-electron chi connectivity index (χ0n) is 15.4. The Morgan fingerprint density at radius 1 is 0.727 bits per heavy atom. The molecule has 22 heavy (non-hydrogen) atoms. The highest BCUT2D eigenvalue weighted by molar-refractivity contribution is 4.78. The van der Waals surface area contributed by atoms with Crippen LogP contribution >= 0.6 is 0 Å². The molecule has 0 saturated carbocycles. The van der Waals surface area contributed by atoms with E-state index in [1.165, 1.54) is 90.4 Å². The van der Waals surface area contributed by atoms with Crippen LogP contribution in [0.2, 0.25) is 0 Å². The minimum Gasteiger partial charge on any atom is -0.330 e. The Hall–Kier alpha value is -0.120. The fourth-order valence-corrected chi connectivity index (χ4v) is 3.56. The fourth-order valence-electron chi connectivity index (χ4n) is 3.56. The Morgan fingerprint density at radius 2 is 1.18 bits per heavy atom. The van der Waals surface area contributed by atoms with Crippen LogP contribution in [-0.4, -0.2) is 48.7 Å². The van der Waals surface area contributed by atoms with Crippen molar-refractivity contribution < 1.29 is 0 Å². The summed E-state index contributed by atoms with van der Waals surface area (Å²) in [6, 6.07) is 0. The molecule has 0 aromatic carbocycles. The first kappa shape index (κ1) is 19.9. The highest BCUT2D eigenvalue weighted by Gasteiger charge is 2.26. The summed E-state index contributed by atoms with van der Waals surface area (Å²) in [5, 5.41) is 0. The molecule has 0 amide bonds. The van der Waals surface area contributed by atoms with Crippen LogP contribution in [0.15, 0.2) is 0 Å². The molecule has 3 heteroatoms. The molecule has 1 fully saturated rings. The molecule has 1 atom stereocenters. The Balaban J connectivity index is 1.90. The fraction of sp³-hybridized carbons (Fsp3) is 1.00. The van der Waals surface area contributed by atoms with Crippen molar-refractivity contribution in [3.05, 3.63) is 0 Å². The highest BCUT2D eigenvalue weighted by atomic mass is 15.4. The van der Waals surface area contributed by atoms with Gasteiger partial charge in [-0.3, -0.25) is 9.80 Å². The summed E-state index contributed by atoms with van der Waals surface area (Å²) in [6.07, 6.45) is 16.1. The van der Waals surface area contributed by atoms with Crippen molar-refractivity contribution in [2.75, 3.05) is 32.7 Å². The molecule has 3 nitrogen and oxygen atoms in total. The number of hydrogen-bond donors (Lipinski definition) is 1. The highest BCUT2D eigenvalue weighted by Crippen LogP contribution is 2.16. The molecule has 1 aliphatic heterocycles. The summed E-state index contributed by atoms with van der Waals surface area (Å²) in [5.74, 6) is 0. The summed E-state index contributed by atoms with van der Waals surface area (Å²) in [5.41, 5.74) is 5.62. The van der Waals surface area contributed by atoms with Gasteiger partial charge in [0.05, 0.1) is 6.17 Å². The van der Waals surface area contributed by atoms with Gasteiger partial charge in [-0.15, -0.1) is 0 Å². The Morgan fingerprint density at radius 3 is 1.68 bits per heavy atom. The maximum absolute atomic E-state index is 5.62. The molecular weight excluding hydrogens is 270 g/mol. The monoisotopic (exact) mass is 311 g/mol. The molecular formula is C19H41N3. The van der Waals surface area contributed by atoms with Gasteiger partial charge in [-0.25, -0.2) is 0 Å². The van der Waals surface area contributed by atoms with Gasteiger partial charge in [0, 0.05) is 19.6 Å². The van der Waals surface area contributed by atoms with Crippen LogP contribution in [0.1, 0.15) is 84.5 Å². The summed E-state index contributed by atoms with van der Waals surface area (Å²) in [7, 11) is 0. The van der Waals surface area contributed by atoms with E-state index in [-0.39, 0.29) is 0 Å². The van der Waals surface area contributed by atoms with E-state index in [9.17, 15) is 0 Å². The van der Waals surface area contributed by atoms with Crippen molar-refractivity contribution in [1.29, 1.82) is 0 Å². The van der Waals surface area contributed by atoms with E-state index in [2.05, 4.69) is 23.6 Å². The lowest BCUT2D eigenvalue weighted by Gasteiger charge is -2.26. The summed E-state index contributed by atoms with van der Waals surface area (Å²) in [4.78, 5) is 5.24.